The first-order chi connectivity index (χ1) is 18.1. The first-order valence-corrected chi connectivity index (χ1v) is 14.9. The van der Waals surface area contributed by atoms with E-state index in [0.29, 0.717) is 28.9 Å². The third kappa shape index (κ3) is 9.16. The fraction of sp³-hybridized carbons (Fsp3) is 0.440. The Morgan fingerprint density at radius 1 is 1.00 bits per heavy atom. The Morgan fingerprint density at radius 3 is 2.18 bits per heavy atom. The molecule has 0 heterocycles. The molecule has 0 aliphatic carbocycles. The molecule has 0 saturated heterocycles. The van der Waals surface area contributed by atoms with Crippen LogP contribution in [-0.2, 0) is 32.3 Å². The molecule has 0 bridgehead atoms. The second-order valence-electron chi connectivity index (χ2n) is 8.77. The first kappa shape index (κ1) is 33.0. The molecular formula is C25H29Cl3F3N3O4S. The molecule has 0 unspecified atom stereocenters. The van der Waals surface area contributed by atoms with Crippen LogP contribution >= 0.6 is 34.8 Å². The molecule has 1 N–H and O–H groups in total. The van der Waals surface area contributed by atoms with Crippen molar-refractivity contribution in [2.75, 3.05) is 23.7 Å². The van der Waals surface area contributed by atoms with Crippen LogP contribution in [0, 0.1) is 0 Å². The zero-order valence-electron chi connectivity index (χ0n) is 21.5. The summed E-state index contributed by atoms with van der Waals surface area (Å²) >= 11 is 17.8. The van der Waals surface area contributed by atoms with Gasteiger partial charge in [-0.25, -0.2) is 8.42 Å². The lowest BCUT2D eigenvalue weighted by atomic mass is 10.1. The van der Waals surface area contributed by atoms with Gasteiger partial charge in [-0.2, -0.15) is 13.2 Å². The largest absolute Gasteiger partial charge is 0.417 e. The van der Waals surface area contributed by atoms with Gasteiger partial charge < -0.3 is 10.2 Å². The molecular weight excluding hydrogens is 602 g/mol. The third-order valence-corrected chi connectivity index (χ3v) is 7.98. The molecule has 0 aromatic heterocycles. The Hall–Kier alpha value is -2.21. The van der Waals surface area contributed by atoms with Gasteiger partial charge in [-0.15, -0.1) is 0 Å². The van der Waals surface area contributed by atoms with Crippen molar-refractivity contribution in [3.05, 3.63) is 62.6 Å². The van der Waals surface area contributed by atoms with Gasteiger partial charge in [0.1, 0.15) is 12.6 Å². The van der Waals surface area contributed by atoms with E-state index in [1.165, 1.54) is 17.0 Å². The molecule has 0 aliphatic heterocycles. The molecule has 216 valence electrons. The molecule has 2 amide bonds. The second kappa shape index (κ2) is 13.9. The number of halogens is 6. The van der Waals surface area contributed by atoms with Crippen molar-refractivity contribution in [2.45, 2.75) is 51.9 Å². The van der Waals surface area contributed by atoms with Gasteiger partial charge >= 0.3 is 6.18 Å². The number of benzene rings is 2. The number of nitrogens with one attached hydrogen (secondary N) is 1. The van der Waals surface area contributed by atoms with E-state index in [4.69, 9.17) is 34.8 Å². The van der Waals surface area contributed by atoms with Crippen molar-refractivity contribution >= 4 is 62.3 Å². The van der Waals surface area contributed by atoms with Gasteiger partial charge in [0.25, 0.3) is 0 Å². The van der Waals surface area contributed by atoms with Crippen molar-refractivity contribution in [1.82, 2.24) is 10.2 Å². The quantitative estimate of drug-likeness (QED) is 0.285. The van der Waals surface area contributed by atoms with E-state index in [0.717, 1.165) is 24.8 Å². The smallest absolute Gasteiger partial charge is 0.354 e. The lowest BCUT2D eigenvalue weighted by Crippen LogP contribution is -2.52. The number of sulfonamides is 1. The highest BCUT2D eigenvalue weighted by molar-refractivity contribution is 7.92. The zero-order valence-corrected chi connectivity index (χ0v) is 24.6. The van der Waals surface area contributed by atoms with Gasteiger partial charge in [0.15, 0.2) is 0 Å². The van der Waals surface area contributed by atoms with E-state index in [1.54, 1.807) is 13.0 Å². The molecule has 0 radical (unpaired) electrons. The maximum absolute atomic E-state index is 13.6. The highest BCUT2D eigenvalue weighted by atomic mass is 35.5. The van der Waals surface area contributed by atoms with Gasteiger partial charge in [-0.05, 0) is 48.7 Å². The third-order valence-electron chi connectivity index (χ3n) is 5.77. The fourth-order valence-corrected chi connectivity index (χ4v) is 5.15. The van der Waals surface area contributed by atoms with Gasteiger partial charge in [0, 0.05) is 13.1 Å². The van der Waals surface area contributed by atoms with Crippen molar-refractivity contribution in [2.24, 2.45) is 0 Å². The summed E-state index contributed by atoms with van der Waals surface area (Å²) in [7, 11) is -4.24. The van der Waals surface area contributed by atoms with Gasteiger partial charge in [0.05, 0.1) is 32.6 Å². The van der Waals surface area contributed by atoms with Crippen LogP contribution in [0.3, 0.4) is 0 Å². The average molecular weight is 631 g/mol. The standard InChI is InChI=1S/C25H29Cl3F3N3O4S/c1-4-6-11-32-24(36)22(5-2)33(14-16-7-9-20(27)21(28)12-16)23(35)15-34(39(3,37)38)17-8-10-19(26)18(13-17)25(29,30)31/h7-10,12-13,22H,4-6,11,14-15H2,1-3H3,(H,32,36)/t22-/m1/s1. The van der Waals surface area contributed by atoms with E-state index in [1.807, 2.05) is 6.92 Å². The monoisotopic (exact) mass is 629 g/mol. The maximum atomic E-state index is 13.6. The topological polar surface area (TPSA) is 86.8 Å². The molecule has 0 fully saturated rings. The van der Waals surface area contributed by atoms with Gasteiger partial charge in [-0.3, -0.25) is 13.9 Å². The molecule has 7 nitrogen and oxygen atoms in total. The molecule has 39 heavy (non-hydrogen) atoms. The van der Waals surface area contributed by atoms with Gasteiger partial charge in [-0.1, -0.05) is 61.1 Å². The predicted molar refractivity (Wildman–Crippen MR) is 148 cm³/mol. The highest BCUT2D eigenvalue weighted by Crippen LogP contribution is 2.37. The zero-order chi connectivity index (χ0) is 29.5. The minimum absolute atomic E-state index is 0.137. The molecule has 2 aromatic rings. The Labute approximate surface area is 241 Å². The number of rotatable bonds is 12. The lowest BCUT2D eigenvalue weighted by Gasteiger charge is -2.33. The molecule has 1 atom stereocenters. The molecule has 0 saturated carbocycles. The Kier molecular flexibility index (Phi) is 11.8. The van der Waals surface area contributed by atoms with Crippen molar-refractivity contribution < 1.29 is 31.2 Å². The van der Waals surface area contributed by atoms with E-state index >= 15 is 0 Å². The number of hydrogen-bond acceptors (Lipinski definition) is 4. The second-order valence-corrected chi connectivity index (χ2v) is 11.9. The van der Waals surface area contributed by atoms with Crippen molar-refractivity contribution in [1.29, 1.82) is 0 Å². The van der Waals surface area contributed by atoms with Crippen LogP contribution in [0.1, 0.15) is 44.2 Å². The van der Waals surface area contributed by atoms with Crippen molar-refractivity contribution in [3.8, 4) is 0 Å². The van der Waals surface area contributed by atoms with Crippen LogP contribution < -0.4 is 9.62 Å². The summed E-state index contributed by atoms with van der Waals surface area (Å²) < 4.78 is 66.2. The van der Waals surface area contributed by atoms with Crippen LogP contribution in [0.15, 0.2) is 36.4 Å². The Balaban J connectivity index is 2.52. The number of carbonyl (C=O) groups is 2. The van der Waals surface area contributed by atoms with Crippen LogP contribution in [0.4, 0.5) is 18.9 Å². The van der Waals surface area contributed by atoms with Gasteiger partial charge in [0.2, 0.25) is 21.8 Å². The highest BCUT2D eigenvalue weighted by Gasteiger charge is 2.36. The SMILES string of the molecule is CCCCNC(=O)[C@@H](CC)N(Cc1ccc(Cl)c(Cl)c1)C(=O)CN(c1ccc(Cl)c(C(F)(F)F)c1)S(C)(=O)=O. The van der Waals surface area contributed by atoms with E-state index in [2.05, 4.69) is 5.32 Å². The number of nitrogens with zero attached hydrogens (tertiary/aromatic N) is 2. The minimum Gasteiger partial charge on any atom is -0.354 e. The molecule has 0 aliphatic rings. The summed E-state index contributed by atoms with van der Waals surface area (Å²) in [5, 5.41) is 2.63. The van der Waals surface area contributed by atoms with Crippen LogP contribution in [0.2, 0.25) is 15.1 Å². The molecule has 14 heteroatoms. The minimum atomic E-state index is -4.86. The lowest BCUT2D eigenvalue weighted by molar-refractivity contribution is -0.140. The molecule has 0 spiro atoms. The molecule has 2 rings (SSSR count). The number of unbranched alkanes of at least 4 members (excludes halogenated alkanes) is 1. The first-order valence-electron chi connectivity index (χ1n) is 12.0. The number of hydrogen-bond donors (Lipinski definition) is 1. The Morgan fingerprint density at radius 2 is 1.64 bits per heavy atom. The van der Waals surface area contributed by atoms with Crippen LogP contribution in [0.5, 0.6) is 0 Å². The summed E-state index contributed by atoms with van der Waals surface area (Å²) in [6, 6.07) is 6.17. The number of anilines is 1. The Bertz CT molecular complexity index is 1290. The van der Waals surface area contributed by atoms with Crippen LogP contribution in [-0.4, -0.2) is 50.5 Å². The summed E-state index contributed by atoms with van der Waals surface area (Å²) in [5.74, 6) is -1.26. The number of alkyl halides is 3. The summed E-state index contributed by atoms with van der Waals surface area (Å²) in [4.78, 5) is 27.9. The normalized spacial score (nSPS) is 12.6. The summed E-state index contributed by atoms with van der Waals surface area (Å²) in [6.45, 7) is 3.01. The summed E-state index contributed by atoms with van der Waals surface area (Å²) in [6.07, 6.45) is -2.37. The summed E-state index contributed by atoms with van der Waals surface area (Å²) in [5.41, 5.74) is -1.15. The number of amides is 2. The maximum Gasteiger partial charge on any atom is 0.417 e. The average Bonchev–Trinajstić information content (AvgIpc) is 2.83. The van der Waals surface area contributed by atoms with E-state index in [9.17, 15) is 31.2 Å². The van der Waals surface area contributed by atoms with Crippen molar-refractivity contribution in [3.63, 3.8) is 0 Å². The molecule has 2 aromatic carbocycles. The number of carbonyl (C=O) groups excluding carboxylic acids is 2. The van der Waals surface area contributed by atoms with Crippen LogP contribution in [0.25, 0.3) is 0 Å². The van der Waals surface area contributed by atoms with E-state index in [-0.39, 0.29) is 23.0 Å². The fourth-order valence-electron chi connectivity index (χ4n) is 3.76. The predicted octanol–water partition coefficient (Wildman–Crippen LogP) is 6.16. The van der Waals surface area contributed by atoms with E-state index < -0.39 is 56.9 Å².